The number of ether oxygens (including phenoxy) is 2. The second kappa shape index (κ2) is 14.9. The number of alkyl carbamates (subject to hydrolysis) is 1. The third kappa shape index (κ3) is 13.2. The van der Waals surface area contributed by atoms with Crippen LogP contribution in [-0.4, -0.2) is 80.3 Å². The van der Waals surface area contributed by atoms with Crippen LogP contribution in [0.15, 0.2) is 0 Å². The molecule has 0 radical (unpaired) electrons. The summed E-state index contributed by atoms with van der Waals surface area (Å²) in [6, 6.07) is 0. The minimum atomic E-state index is -1.20. The summed E-state index contributed by atoms with van der Waals surface area (Å²) in [7, 11) is 0. The van der Waals surface area contributed by atoms with Crippen molar-refractivity contribution < 1.29 is 59.5 Å². The van der Waals surface area contributed by atoms with E-state index in [1.165, 1.54) is 6.92 Å². The maximum atomic E-state index is 12.0. The molecule has 1 amide bonds. The molecular weight excluding hydrogens is 450 g/mol. The van der Waals surface area contributed by atoms with Gasteiger partial charge in [-0.25, -0.2) is 14.5 Å². The van der Waals surface area contributed by atoms with E-state index in [1.807, 2.05) is 0 Å². The molecule has 1 aliphatic rings. The molecule has 1 aliphatic carbocycles. The molecule has 15 nitrogen and oxygen atoms in total. The highest BCUT2D eigenvalue weighted by Gasteiger charge is 2.35. The number of nitrogens with zero attached hydrogens (tertiary/aromatic N) is 2. The van der Waals surface area contributed by atoms with E-state index in [0.29, 0.717) is 12.8 Å². The number of carboxylic acids is 1. The topological polar surface area (TPSA) is 208 Å². The molecule has 6 N–H and O–H groups in total. The second-order valence-electron chi connectivity index (χ2n) is 7.87. The second-order valence-corrected chi connectivity index (χ2v) is 7.87. The lowest BCUT2D eigenvalue weighted by Gasteiger charge is -2.36. The Morgan fingerprint density at radius 1 is 1.03 bits per heavy atom. The number of esters is 1. The molecule has 0 aromatic heterocycles. The van der Waals surface area contributed by atoms with Crippen molar-refractivity contribution >= 4 is 18.0 Å². The Morgan fingerprint density at radius 3 is 2.27 bits per heavy atom. The lowest BCUT2D eigenvalue weighted by Crippen LogP contribution is -2.41. The third-order valence-corrected chi connectivity index (χ3v) is 5.14. The maximum Gasteiger partial charge on any atom is 0.410 e. The summed E-state index contributed by atoms with van der Waals surface area (Å²) in [6.45, 7) is 1.02. The number of rotatable bonds is 15. The molecule has 1 saturated carbocycles. The van der Waals surface area contributed by atoms with Crippen molar-refractivity contribution in [2.45, 2.75) is 77.1 Å². The maximum absolute atomic E-state index is 12.0. The van der Waals surface area contributed by atoms with Crippen LogP contribution in [0, 0.1) is 5.41 Å². The Labute approximate surface area is 190 Å². The molecule has 1 unspecified atom stereocenters. The monoisotopic (exact) mass is 483 g/mol. The van der Waals surface area contributed by atoms with E-state index >= 15 is 0 Å². The number of nitrogens with one attached hydrogen (secondary N) is 1. The Hall–Kier alpha value is -2.11. The van der Waals surface area contributed by atoms with Gasteiger partial charge in [0.15, 0.2) is 0 Å². The average molecular weight is 483 g/mol. The molecule has 0 spiro atoms. The van der Waals surface area contributed by atoms with Gasteiger partial charge in [0.05, 0.1) is 17.2 Å². The normalized spacial score (nSPS) is 17.4. The van der Waals surface area contributed by atoms with E-state index in [-0.39, 0.29) is 32.2 Å². The molecule has 192 valence electrons. The molecule has 0 saturated heterocycles. The van der Waals surface area contributed by atoms with E-state index in [9.17, 15) is 19.5 Å². The van der Waals surface area contributed by atoms with Crippen LogP contribution >= 0.6 is 0 Å². The lowest BCUT2D eigenvalue weighted by atomic mass is 9.72. The molecule has 0 aliphatic heterocycles. The van der Waals surface area contributed by atoms with Crippen LogP contribution < -0.4 is 5.32 Å². The molecule has 15 heteroatoms. The van der Waals surface area contributed by atoms with E-state index in [2.05, 4.69) is 15.0 Å². The van der Waals surface area contributed by atoms with Gasteiger partial charge in [0, 0.05) is 19.9 Å². The Bertz CT molecular complexity index is 612. The van der Waals surface area contributed by atoms with Gasteiger partial charge in [-0.15, -0.1) is 0 Å². The number of carboxylic acid groups (broad SMARTS) is 1. The van der Waals surface area contributed by atoms with Crippen molar-refractivity contribution in [2.24, 2.45) is 5.41 Å². The largest absolute Gasteiger partial charge is 0.481 e. The average Bonchev–Trinajstić information content (AvgIpc) is 2.70. The smallest absolute Gasteiger partial charge is 0.410 e. The predicted molar refractivity (Wildman–Crippen MR) is 103 cm³/mol. The first-order chi connectivity index (χ1) is 15.5. The minimum absolute atomic E-state index is 0.0436. The van der Waals surface area contributed by atoms with Gasteiger partial charge in [-0.3, -0.25) is 30.4 Å². The predicted octanol–water partition coefficient (Wildman–Crippen LogP) is 1.59. The number of hydrogen-bond donors (Lipinski definition) is 6. The van der Waals surface area contributed by atoms with Crippen LogP contribution in [0.5, 0.6) is 0 Å². The van der Waals surface area contributed by atoms with Crippen LogP contribution in [-0.2, 0) is 28.7 Å². The van der Waals surface area contributed by atoms with Gasteiger partial charge in [0.1, 0.15) is 12.7 Å². The van der Waals surface area contributed by atoms with Crippen molar-refractivity contribution in [2.75, 3.05) is 13.2 Å². The van der Waals surface area contributed by atoms with Crippen molar-refractivity contribution in [3.63, 3.8) is 0 Å². The van der Waals surface area contributed by atoms with Crippen molar-refractivity contribution in [1.82, 2.24) is 16.1 Å². The van der Waals surface area contributed by atoms with Crippen molar-refractivity contribution in [3.05, 3.63) is 0 Å². The Balaban J connectivity index is 2.35. The minimum Gasteiger partial charge on any atom is -0.481 e. The number of carbonyl (C=O) groups excluding carboxylic acids is 2. The molecule has 0 aromatic carbocycles. The summed E-state index contributed by atoms with van der Waals surface area (Å²) < 4.78 is 9.97. The molecule has 0 bridgehead atoms. The molecule has 0 aromatic rings. The zero-order chi connectivity index (χ0) is 24.9. The molecule has 1 fully saturated rings. The first-order valence-electron chi connectivity index (χ1n) is 10.5. The highest BCUT2D eigenvalue weighted by molar-refractivity contribution is 5.71. The summed E-state index contributed by atoms with van der Waals surface area (Å²) >= 11 is 0. The number of aliphatic carboxylic acids is 1. The SMILES string of the molecule is CC(OC(=O)CCC[C@@H](CON(O)O)ON(O)O)OC(=O)NCC1(CC(=O)O)CCCCC1. The quantitative estimate of drug-likeness (QED) is 0.111. The Morgan fingerprint density at radius 2 is 1.70 bits per heavy atom. The van der Waals surface area contributed by atoms with Crippen LogP contribution in [0.25, 0.3) is 0 Å². The van der Waals surface area contributed by atoms with Gasteiger partial charge >= 0.3 is 18.0 Å². The van der Waals surface area contributed by atoms with E-state index in [0.717, 1.165) is 19.3 Å². The van der Waals surface area contributed by atoms with Crippen LogP contribution in [0.4, 0.5) is 4.79 Å². The molecule has 1 rings (SSSR count). The fourth-order valence-electron chi connectivity index (χ4n) is 3.68. The van der Waals surface area contributed by atoms with Gasteiger partial charge in [-0.2, -0.15) is 0 Å². The zero-order valence-corrected chi connectivity index (χ0v) is 18.4. The molecule has 0 heterocycles. The highest BCUT2D eigenvalue weighted by Crippen LogP contribution is 2.38. The van der Waals surface area contributed by atoms with Gasteiger partial charge in [0.25, 0.3) is 0 Å². The molecule has 33 heavy (non-hydrogen) atoms. The van der Waals surface area contributed by atoms with Crippen LogP contribution in [0.1, 0.15) is 64.7 Å². The molecular formula is C18H33N3O12. The zero-order valence-electron chi connectivity index (χ0n) is 18.4. The van der Waals surface area contributed by atoms with Gasteiger partial charge < -0.3 is 19.9 Å². The summed E-state index contributed by atoms with van der Waals surface area (Å²) in [5.74, 6) is -1.63. The van der Waals surface area contributed by atoms with Crippen LogP contribution in [0.2, 0.25) is 0 Å². The van der Waals surface area contributed by atoms with E-state index in [1.54, 1.807) is 0 Å². The van der Waals surface area contributed by atoms with Gasteiger partial charge in [-0.1, -0.05) is 19.3 Å². The summed E-state index contributed by atoms with van der Waals surface area (Å²) in [5, 5.41) is 45.0. The Kier molecular flexibility index (Phi) is 13.1. The van der Waals surface area contributed by atoms with Gasteiger partial charge in [-0.05, 0) is 31.1 Å². The first-order valence-corrected chi connectivity index (χ1v) is 10.5. The van der Waals surface area contributed by atoms with Crippen LogP contribution in [0.3, 0.4) is 0 Å². The fraction of sp³-hybridized carbons (Fsp3) is 0.833. The lowest BCUT2D eigenvalue weighted by molar-refractivity contribution is -0.527. The van der Waals surface area contributed by atoms with Crippen molar-refractivity contribution in [3.8, 4) is 0 Å². The third-order valence-electron chi connectivity index (χ3n) is 5.14. The van der Waals surface area contributed by atoms with E-state index < -0.39 is 53.2 Å². The van der Waals surface area contributed by atoms with E-state index in [4.69, 9.17) is 30.3 Å². The standard InChI is InChI=1S/C18H33N3O12/c1-13(31-16(24)7-5-6-14(33-21(28)29)11-30-20(26)27)32-17(25)19-12-18(10-15(22)23)8-3-2-4-9-18/h13-14,26-29H,2-12H2,1H3,(H,19,25)(H,22,23)/t13?,14-/m0/s1. The first kappa shape index (κ1) is 28.9. The number of hydrogen-bond acceptors (Lipinski definition) is 13. The summed E-state index contributed by atoms with van der Waals surface area (Å²) in [4.78, 5) is 44.0. The number of carbonyl (C=O) groups is 3. The van der Waals surface area contributed by atoms with Crippen molar-refractivity contribution in [1.29, 1.82) is 0 Å². The summed E-state index contributed by atoms with van der Waals surface area (Å²) in [6.07, 6.45) is 1.12. The summed E-state index contributed by atoms with van der Waals surface area (Å²) in [5.41, 5.74) is -0.521. The highest BCUT2D eigenvalue weighted by atomic mass is 17.1. The molecule has 2 atom stereocenters. The fourth-order valence-corrected chi connectivity index (χ4v) is 3.68. The number of amides is 1. The van der Waals surface area contributed by atoms with Gasteiger partial charge in [0.2, 0.25) is 6.29 Å².